The van der Waals surface area contributed by atoms with Crippen molar-refractivity contribution in [1.29, 1.82) is 0 Å². The number of carbonyl (C=O) groups is 1. The van der Waals surface area contributed by atoms with E-state index in [9.17, 15) is 13.2 Å². The number of nitrogens with zero attached hydrogens (tertiary/aromatic N) is 2. The summed E-state index contributed by atoms with van der Waals surface area (Å²) in [4.78, 5) is 18.7. The average Bonchev–Trinajstić information content (AvgIpc) is 3.22. The Hall–Kier alpha value is -3.40. The summed E-state index contributed by atoms with van der Waals surface area (Å²) in [5, 5.41) is 8.59. The van der Waals surface area contributed by atoms with E-state index in [1.54, 1.807) is 48.5 Å². The van der Waals surface area contributed by atoms with Gasteiger partial charge in [-0.1, -0.05) is 41.9 Å². The summed E-state index contributed by atoms with van der Waals surface area (Å²) in [6.07, 6.45) is 0.0355. The number of rotatable bonds is 7. The molecular weight excluding hydrogens is 476 g/mol. The first-order chi connectivity index (χ1) is 16.2. The molecule has 176 valence electrons. The lowest BCUT2D eigenvalue weighted by molar-refractivity contribution is -0.115. The van der Waals surface area contributed by atoms with Crippen molar-refractivity contribution < 1.29 is 17.9 Å². The van der Waals surface area contributed by atoms with Crippen LogP contribution in [0.2, 0.25) is 5.02 Å². The number of hydrogen-bond donors (Lipinski definition) is 2. The van der Waals surface area contributed by atoms with E-state index in [2.05, 4.69) is 10.3 Å². The van der Waals surface area contributed by atoms with Crippen LogP contribution in [0, 0.1) is 0 Å². The Kier molecular flexibility index (Phi) is 6.87. The average molecular weight is 499 g/mol. The summed E-state index contributed by atoms with van der Waals surface area (Å²) in [5.74, 6) is 0.969. The molecule has 1 aliphatic rings. The number of amidine groups is 1. The number of likely N-dealkylation sites (N-methyl/N-ethyl adjacent to an activating group) is 1. The number of halogens is 1. The molecule has 3 aromatic rings. The highest BCUT2D eigenvalue weighted by Gasteiger charge is 2.19. The molecule has 0 aliphatic carbocycles. The van der Waals surface area contributed by atoms with Gasteiger partial charge in [-0.25, -0.2) is 13.6 Å². The molecule has 0 bridgehead atoms. The highest BCUT2D eigenvalue weighted by atomic mass is 35.5. The van der Waals surface area contributed by atoms with Gasteiger partial charge in [0.15, 0.2) is 0 Å². The highest BCUT2D eigenvalue weighted by Crippen LogP contribution is 2.31. The summed E-state index contributed by atoms with van der Waals surface area (Å²) >= 11 is 6.11. The molecule has 0 radical (unpaired) electrons. The van der Waals surface area contributed by atoms with Crippen LogP contribution in [-0.2, 0) is 21.2 Å². The molecule has 8 nitrogen and oxygen atoms in total. The zero-order valence-electron chi connectivity index (χ0n) is 18.4. The first-order valence-corrected chi connectivity index (χ1v) is 12.4. The van der Waals surface area contributed by atoms with Crippen LogP contribution in [0.15, 0.2) is 76.6 Å². The molecule has 1 heterocycles. The second-order valence-corrected chi connectivity index (χ2v) is 9.72. The van der Waals surface area contributed by atoms with Crippen LogP contribution in [-0.4, -0.2) is 45.2 Å². The Morgan fingerprint density at radius 1 is 1.15 bits per heavy atom. The molecule has 0 fully saturated rings. The molecular formula is C24H23ClN4O4S. The van der Waals surface area contributed by atoms with Crippen LogP contribution in [0.5, 0.6) is 11.5 Å². The fraction of sp³-hybridized carbons (Fsp3) is 0.167. The van der Waals surface area contributed by atoms with Crippen molar-refractivity contribution in [3.63, 3.8) is 0 Å². The molecule has 0 unspecified atom stereocenters. The van der Waals surface area contributed by atoms with Gasteiger partial charge in [0.25, 0.3) is 0 Å². The molecule has 4 rings (SSSR count). The van der Waals surface area contributed by atoms with E-state index >= 15 is 0 Å². The second kappa shape index (κ2) is 9.84. The molecule has 0 spiro atoms. The van der Waals surface area contributed by atoms with Crippen LogP contribution in [0.25, 0.3) is 0 Å². The number of nitrogens with one attached hydrogen (secondary N) is 1. The summed E-state index contributed by atoms with van der Waals surface area (Å²) < 4.78 is 30.4. The van der Waals surface area contributed by atoms with Gasteiger partial charge in [0.2, 0.25) is 15.9 Å². The van der Waals surface area contributed by atoms with Gasteiger partial charge in [-0.05, 0) is 42.0 Å². The molecule has 1 amide bonds. The van der Waals surface area contributed by atoms with Gasteiger partial charge < -0.3 is 15.0 Å². The molecule has 0 saturated heterocycles. The number of nitrogens with two attached hydrogens (primary N) is 1. The minimum atomic E-state index is -4.14. The van der Waals surface area contributed by atoms with Gasteiger partial charge in [-0.2, -0.15) is 0 Å². The van der Waals surface area contributed by atoms with Crippen molar-refractivity contribution in [3.05, 3.63) is 82.9 Å². The molecule has 0 atom stereocenters. The zero-order valence-corrected chi connectivity index (χ0v) is 19.9. The normalized spacial score (nSPS) is 13.5. The van der Waals surface area contributed by atoms with E-state index in [1.807, 2.05) is 18.0 Å². The lowest BCUT2D eigenvalue weighted by Gasteiger charge is -2.16. The summed E-state index contributed by atoms with van der Waals surface area (Å²) in [6, 6.07) is 18.5. The van der Waals surface area contributed by atoms with Crippen molar-refractivity contribution in [2.45, 2.75) is 11.3 Å². The van der Waals surface area contributed by atoms with Gasteiger partial charge in [0, 0.05) is 29.9 Å². The summed E-state index contributed by atoms with van der Waals surface area (Å²) in [6.45, 7) is 1.55. The number of amides is 1. The fourth-order valence-electron chi connectivity index (χ4n) is 3.58. The number of sulfonamides is 1. The number of anilines is 1. The SMILES string of the molecule is CN1CCN=C1c1cccc(Oc2ccc(NC(=O)Cc3ccccc3Cl)cc2S(N)(=O)=O)c1. The van der Waals surface area contributed by atoms with E-state index < -0.39 is 10.0 Å². The van der Waals surface area contributed by atoms with E-state index in [4.69, 9.17) is 21.5 Å². The molecule has 1 aliphatic heterocycles. The third-order valence-corrected chi connectivity index (χ3v) is 6.52. The maximum Gasteiger partial charge on any atom is 0.241 e. The van der Waals surface area contributed by atoms with Crippen LogP contribution >= 0.6 is 11.6 Å². The molecule has 3 N–H and O–H groups in total. The lowest BCUT2D eigenvalue weighted by atomic mass is 10.1. The standard InChI is InChI=1S/C24H23ClN4O4S/c1-29-12-11-27-24(29)17-6-4-7-19(13-17)33-21-10-9-18(15-22(21)34(26,31)32)28-23(30)14-16-5-2-3-8-20(16)25/h2-10,13,15H,11-12,14H2,1H3,(H,28,30)(H2,26,31,32). The zero-order chi connectivity index (χ0) is 24.3. The molecule has 0 saturated carbocycles. The Labute approximate surface area is 203 Å². The number of primary sulfonamides is 1. The minimum absolute atomic E-state index is 0.0355. The van der Waals surface area contributed by atoms with Crippen LogP contribution in [0.3, 0.4) is 0 Å². The summed E-state index contributed by atoms with van der Waals surface area (Å²) in [5.41, 5.74) is 1.79. The second-order valence-electron chi connectivity index (χ2n) is 7.78. The highest BCUT2D eigenvalue weighted by molar-refractivity contribution is 7.89. The third kappa shape index (κ3) is 5.56. The van der Waals surface area contributed by atoms with Crippen molar-refractivity contribution in [2.75, 3.05) is 25.5 Å². The fourth-order valence-corrected chi connectivity index (χ4v) is 4.47. The maximum absolute atomic E-state index is 12.5. The van der Waals surface area contributed by atoms with Crippen molar-refractivity contribution in [3.8, 4) is 11.5 Å². The Morgan fingerprint density at radius 2 is 1.94 bits per heavy atom. The Morgan fingerprint density at radius 3 is 2.65 bits per heavy atom. The minimum Gasteiger partial charge on any atom is -0.456 e. The van der Waals surface area contributed by atoms with Crippen molar-refractivity contribution in [2.24, 2.45) is 10.1 Å². The lowest BCUT2D eigenvalue weighted by Crippen LogP contribution is -2.23. The van der Waals surface area contributed by atoms with E-state index in [0.717, 1.165) is 24.5 Å². The van der Waals surface area contributed by atoms with E-state index in [-0.39, 0.29) is 28.7 Å². The van der Waals surface area contributed by atoms with Gasteiger partial charge in [0.1, 0.15) is 22.2 Å². The number of benzene rings is 3. The monoisotopic (exact) mass is 498 g/mol. The number of carbonyl (C=O) groups excluding carboxylic acids is 1. The third-order valence-electron chi connectivity index (χ3n) is 5.22. The van der Waals surface area contributed by atoms with Crippen molar-refractivity contribution >= 4 is 39.1 Å². The quantitative estimate of drug-likeness (QED) is 0.516. The molecule has 3 aromatic carbocycles. The first kappa shape index (κ1) is 23.7. The molecule has 10 heteroatoms. The predicted molar refractivity (Wildman–Crippen MR) is 132 cm³/mol. The van der Waals surface area contributed by atoms with Crippen LogP contribution in [0.4, 0.5) is 5.69 Å². The largest absolute Gasteiger partial charge is 0.456 e. The van der Waals surface area contributed by atoms with Gasteiger partial charge in [-0.3, -0.25) is 9.79 Å². The smallest absolute Gasteiger partial charge is 0.241 e. The van der Waals surface area contributed by atoms with Gasteiger partial charge in [-0.15, -0.1) is 0 Å². The Balaban J connectivity index is 1.56. The number of aliphatic imine (C=N–C) groups is 1. The maximum atomic E-state index is 12.5. The van der Waals surface area contributed by atoms with E-state index in [0.29, 0.717) is 16.3 Å². The summed E-state index contributed by atoms with van der Waals surface area (Å²) in [7, 11) is -2.19. The first-order valence-electron chi connectivity index (χ1n) is 10.4. The Bertz CT molecular complexity index is 1370. The van der Waals surface area contributed by atoms with Crippen LogP contribution in [0.1, 0.15) is 11.1 Å². The predicted octanol–water partition coefficient (Wildman–Crippen LogP) is 3.65. The molecule has 0 aromatic heterocycles. The molecule has 34 heavy (non-hydrogen) atoms. The van der Waals surface area contributed by atoms with E-state index in [1.165, 1.54) is 12.1 Å². The topological polar surface area (TPSA) is 114 Å². The van der Waals surface area contributed by atoms with Gasteiger partial charge >= 0.3 is 0 Å². The number of ether oxygens (including phenoxy) is 1. The number of hydrogen-bond acceptors (Lipinski definition) is 6. The van der Waals surface area contributed by atoms with Crippen molar-refractivity contribution in [1.82, 2.24) is 4.90 Å². The van der Waals surface area contributed by atoms with Gasteiger partial charge in [0.05, 0.1) is 13.0 Å². The van der Waals surface area contributed by atoms with Crippen LogP contribution < -0.4 is 15.2 Å².